The zero-order chi connectivity index (χ0) is 23.3. The van der Waals surface area contributed by atoms with E-state index >= 15 is 0 Å². The molecule has 2 amide bonds. The van der Waals surface area contributed by atoms with Gasteiger partial charge in [0.2, 0.25) is 5.91 Å². The van der Waals surface area contributed by atoms with Crippen LogP contribution in [0.3, 0.4) is 0 Å². The molecule has 0 radical (unpaired) electrons. The van der Waals surface area contributed by atoms with Crippen molar-refractivity contribution in [2.75, 3.05) is 23.6 Å². The van der Waals surface area contributed by atoms with Crippen molar-refractivity contribution in [3.05, 3.63) is 89.5 Å². The number of hydrogen-bond donors (Lipinski definition) is 2. The fourth-order valence-corrected chi connectivity index (χ4v) is 4.16. The molecule has 2 N–H and O–H groups in total. The van der Waals surface area contributed by atoms with E-state index in [0.29, 0.717) is 16.9 Å². The summed E-state index contributed by atoms with van der Waals surface area (Å²) in [6, 6.07) is 19.7. The number of aryl methyl sites for hydroxylation is 1. The van der Waals surface area contributed by atoms with Gasteiger partial charge in [-0.1, -0.05) is 30.3 Å². The molecular formula is C24H25N3O4S. The van der Waals surface area contributed by atoms with Crippen molar-refractivity contribution in [3.63, 3.8) is 0 Å². The van der Waals surface area contributed by atoms with Crippen molar-refractivity contribution in [3.8, 4) is 0 Å². The lowest BCUT2D eigenvalue weighted by molar-refractivity contribution is -0.116. The average Bonchev–Trinajstić information content (AvgIpc) is 2.77. The van der Waals surface area contributed by atoms with E-state index in [9.17, 15) is 18.0 Å². The van der Waals surface area contributed by atoms with Crippen molar-refractivity contribution in [2.24, 2.45) is 0 Å². The number of likely N-dealkylation sites (N-methyl/N-ethyl adjacent to an activating group) is 1. The number of rotatable bonds is 7. The molecule has 0 spiro atoms. The third-order valence-corrected chi connectivity index (χ3v) is 6.44. The lowest BCUT2D eigenvalue weighted by Gasteiger charge is -2.18. The molecule has 0 aliphatic heterocycles. The molecule has 0 fully saturated rings. The van der Waals surface area contributed by atoms with E-state index in [2.05, 4.69) is 10.0 Å². The maximum absolute atomic E-state index is 12.7. The van der Waals surface area contributed by atoms with Crippen molar-refractivity contribution < 1.29 is 18.0 Å². The lowest BCUT2D eigenvalue weighted by Crippen LogP contribution is -2.35. The molecular weight excluding hydrogens is 426 g/mol. The summed E-state index contributed by atoms with van der Waals surface area (Å²) >= 11 is 0. The minimum Gasteiger partial charge on any atom is -0.332 e. The highest BCUT2D eigenvalue weighted by atomic mass is 32.2. The number of nitrogens with zero attached hydrogens (tertiary/aromatic N) is 1. The van der Waals surface area contributed by atoms with Gasteiger partial charge in [0.15, 0.2) is 0 Å². The highest BCUT2D eigenvalue weighted by Crippen LogP contribution is 2.19. The first-order chi connectivity index (χ1) is 15.2. The summed E-state index contributed by atoms with van der Waals surface area (Å²) < 4.78 is 27.3. The first-order valence-electron chi connectivity index (χ1n) is 9.97. The van der Waals surface area contributed by atoms with Gasteiger partial charge in [-0.3, -0.25) is 14.3 Å². The van der Waals surface area contributed by atoms with Gasteiger partial charge in [-0.2, -0.15) is 0 Å². The van der Waals surface area contributed by atoms with Crippen LogP contribution in [0.15, 0.2) is 77.7 Å². The second-order valence-electron chi connectivity index (χ2n) is 7.45. The zero-order valence-electron chi connectivity index (χ0n) is 18.1. The van der Waals surface area contributed by atoms with E-state index in [-0.39, 0.29) is 23.3 Å². The smallest absolute Gasteiger partial charge is 0.261 e. The fraction of sp³-hybridized carbons (Fsp3) is 0.167. The van der Waals surface area contributed by atoms with E-state index in [4.69, 9.17) is 0 Å². The van der Waals surface area contributed by atoms with Crippen LogP contribution in [0.25, 0.3) is 0 Å². The molecule has 3 rings (SSSR count). The number of hydrogen-bond acceptors (Lipinski definition) is 4. The zero-order valence-corrected chi connectivity index (χ0v) is 18.9. The van der Waals surface area contributed by atoms with Crippen molar-refractivity contribution in [1.82, 2.24) is 4.90 Å². The molecule has 0 saturated carbocycles. The van der Waals surface area contributed by atoms with Gasteiger partial charge in [0.05, 0.1) is 11.4 Å². The third kappa shape index (κ3) is 5.53. The first-order valence-corrected chi connectivity index (χ1v) is 11.4. The Kier molecular flexibility index (Phi) is 6.95. The molecule has 7 nitrogen and oxygen atoms in total. The molecule has 0 aliphatic carbocycles. The highest BCUT2D eigenvalue weighted by molar-refractivity contribution is 7.92. The Bertz CT molecular complexity index is 1220. The second kappa shape index (κ2) is 9.65. The Morgan fingerprint density at radius 2 is 1.53 bits per heavy atom. The number of sulfonamides is 1. The Morgan fingerprint density at radius 3 is 2.19 bits per heavy atom. The number of carbonyl (C=O) groups excluding carboxylic acids is 2. The second-order valence-corrected chi connectivity index (χ2v) is 9.14. The van der Waals surface area contributed by atoms with Gasteiger partial charge in [-0.05, 0) is 67.4 Å². The molecule has 32 heavy (non-hydrogen) atoms. The standard InChI is InChI=1S/C24H25N3O4S/c1-17-8-7-11-22(18(17)2)25-23(28)16-27(3)24(29)19-12-14-20(15-13-19)26-32(30,31)21-9-5-4-6-10-21/h4-15,26H,16H2,1-3H3,(H,25,28). The first kappa shape index (κ1) is 23.0. The fourth-order valence-electron chi connectivity index (χ4n) is 3.08. The molecule has 3 aromatic carbocycles. The van der Waals surface area contributed by atoms with E-state index in [0.717, 1.165) is 11.1 Å². The van der Waals surface area contributed by atoms with Crippen molar-refractivity contribution in [1.29, 1.82) is 0 Å². The minimum atomic E-state index is -3.71. The van der Waals surface area contributed by atoms with E-state index < -0.39 is 10.0 Å². The molecule has 0 heterocycles. The molecule has 0 saturated heterocycles. The average molecular weight is 452 g/mol. The van der Waals surface area contributed by atoms with Crippen molar-refractivity contribution in [2.45, 2.75) is 18.7 Å². The Morgan fingerprint density at radius 1 is 0.875 bits per heavy atom. The van der Waals surface area contributed by atoms with Crippen LogP contribution in [0.4, 0.5) is 11.4 Å². The van der Waals surface area contributed by atoms with E-state index in [1.54, 1.807) is 18.2 Å². The molecule has 166 valence electrons. The minimum absolute atomic E-state index is 0.116. The maximum atomic E-state index is 12.7. The quantitative estimate of drug-likeness (QED) is 0.571. The Hall–Kier alpha value is -3.65. The van der Waals surface area contributed by atoms with Crippen LogP contribution in [0.1, 0.15) is 21.5 Å². The lowest BCUT2D eigenvalue weighted by atomic mass is 10.1. The molecule has 3 aromatic rings. The van der Waals surface area contributed by atoms with E-state index in [1.807, 2.05) is 32.0 Å². The third-order valence-electron chi connectivity index (χ3n) is 5.04. The summed E-state index contributed by atoms with van der Waals surface area (Å²) in [5.41, 5.74) is 3.43. The van der Waals surface area contributed by atoms with Crippen LogP contribution in [0.5, 0.6) is 0 Å². The number of nitrogens with one attached hydrogen (secondary N) is 2. The normalized spacial score (nSPS) is 11.0. The van der Waals surface area contributed by atoms with Gasteiger partial charge in [0, 0.05) is 24.0 Å². The van der Waals surface area contributed by atoms with Gasteiger partial charge in [-0.25, -0.2) is 8.42 Å². The van der Waals surface area contributed by atoms with Crippen LogP contribution < -0.4 is 10.0 Å². The number of anilines is 2. The van der Waals surface area contributed by atoms with Crippen LogP contribution in [0.2, 0.25) is 0 Å². The number of amides is 2. The largest absolute Gasteiger partial charge is 0.332 e. The SMILES string of the molecule is Cc1cccc(NC(=O)CN(C)C(=O)c2ccc(NS(=O)(=O)c3ccccc3)cc2)c1C. The maximum Gasteiger partial charge on any atom is 0.261 e. The topological polar surface area (TPSA) is 95.6 Å². The summed E-state index contributed by atoms with van der Waals surface area (Å²) in [5.74, 6) is -0.652. The summed E-state index contributed by atoms with van der Waals surface area (Å²) in [6.45, 7) is 3.77. The van der Waals surface area contributed by atoms with Crippen LogP contribution >= 0.6 is 0 Å². The summed E-state index contributed by atoms with van der Waals surface area (Å²) in [5, 5.41) is 2.83. The van der Waals surface area contributed by atoms with Gasteiger partial charge in [0.1, 0.15) is 0 Å². The van der Waals surface area contributed by atoms with Crippen LogP contribution in [-0.2, 0) is 14.8 Å². The van der Waals surface area contributed by atoms with Crippen LogP contribution in [-0.4, -0.2) is 38.7 Å². The predicted molar refractivity (Wildman–Crippen MR) is 125 cm³/mol. The molecule has 0 unspecified atom stereocenters. The Labute approximate surface area is 188 Å². The summed E-state index contributed by atoms with van der Waals surface area (Å²) in [6.07, 6.45) is 0. The van der Waals surface area contributed by atoms with Crippen LogP contribution in [0, 0.1) is 13.8 Å². The molecule has 0 bridgehead atoms. The van der Waals surface area contributed by atoms with Gasteiger partial charge in [-0.15, -0.1) is 0 Å². The molecule has 0 aliphatic rings. The molecule has 0 atom stereocenters. The van der Waals surface area contributed by atoms with Gasteiger partial charge < -0.3 is 10.2 Å². The van der Waals surface area contributed by atoms with Crippen molar-refractivity contribution >= 4 is 33.2 Å². The molecule has 0 aromatic heterocycles. The monoisotopic (exact) mass is 451 g/mol. The van der Waals surface area contributed by atoms with Gasteiger partial charge >= 0.3 is 0 Å². The summed E-state index contributed by atoms with van der Waals surface area (Å²) in [4.78, 5) is 26.5. The highest BCUT2D eigenvalue weighted by Gasteiger charge is 2.17. The number of carbonyl (C=O) groups is 2. The molecule has 8 heteroatoms. The Balaban J connectivity index is 1.62. The predicted octanol–water partition coefficient (Wildman–Crippen LogP) is 3.81. The van der Waals surface area contributed by atoms with Gasteiger partial charge in [0.25, 0.3) is 15.9 Å². The van der Waals surface area contributed by atoms with E-state index in [1.165, 1.54) is 48.3 Å². The number of benzene rings is 3. The summed E-state index contributed by atoms with van der Waals surface area (Å²) in [7, 11) is -2.17.